The van der Waals surface area contributed by atoms with Crippen LogP contribution >= 0.6 is 15.9 Å². The molecule has 1 heterocycles. The molecule has 0 radical (unpaired) electrons. The molecule has 0 spiro atoms. The van der Waals surface area contributed by atoms with Crippen molar-refractivity contribution in [3.63, 3.8) is 0 Å². The van der Waals surface area contributed by atoms with E-state index >= 15 is 0 Å². The number of furan rings is 1. The Morgan fingerprint density at radius 1 is 1.62 bits per heavy atom. The van der Waals surface area contributed by atoms with E-state index in [-0.39, 0.29) is 16.6 Å². The minimum absolute atomic E-state index is 0.0221. The summed E-state index contributed by atoms with van der Waals surface area (Å²) in [5.41, 5.74) is 0. The number of rotatable bonds is 5. The average molecular weight is 310 g/mol. The second-order valence-electron chi connectivity index (χ2n) is 3.03. The maximum absolute atomic E-state index is 11.9. The fourth-order valence-corrected chi connectivity index (χ4v) is 2.98. The van der Waals surface area contributed by atoms with Crippen molar-refractivity contribution in [1.82, 2.24) is 0 Å². The minimum Gasteiger partial charge on any atom is -0.463 e. The number of esters is 1. The molecule has 1 unspecified atom stereocenters. The van der Waals surface area contributed by atoms with E-state index < -0.39 is 15.7 Å². The molecule has 0 aliphatic rings. The van der Waals surface area contributed by atoms with Gasteiger partial charge in [-0.25, -0.2) is 13.8 Å². The van der Waals surface area contributed by atoms with Gasteiger partial charge in [0.25, 0.3) is 0 Å². The summed E-state index contributed by atoms with van der Waals surface area (Å²) in [7, 11) is -1.72. The highest BCUT2D eigenvalue weighted by molar-refractivity contribution is 9.09. The van der Waals surface area contributed by atoms with E-state index in [1.54, 1.807) is 0 Å². The first-order chi connectivity index (χ1) is 7.51. The first-order valence-electron chi connectivity index (χ1n) is 4.52. The second-order valence-corrected chi connectivity index (χ2v) is 5.99. The molecule has 1 aromatic rings. The number of carbonyl (C=O) groups is 1. The van der Waals surface area contributed by atoms with Gasteiger partial charge in [0.2, 0.25) is 5.76 Å². The van der Waals surface area contributed by atoms with Gasteiger partial charge in [-0.1, -0.05) is 15.9 Å². The molecule has 0 aromatic carbocycles. The fraction of sp³-hybridized carbons (Fsp3) is 0.444. The van der Waals surface area contributed by atoms with Gasteiger partial charge in [0.1, 0.15) is 9.73 Å². The first-order valence-corrected chi connectivity index (χ1v) is 7.36. The summed E-state index contributed by atoms with van der Waals surface area (Å²) in [6.45, 7) is 0. The van der Waals surface area contributed by atoms with Gasteiger partial charge in [-0.05, 0) is 18.6 Å². The number of halogens is 1. The Kier molecular flexibility index (Phi) is 4.55. The highest BCUT2D eigenvalue weighted by Crippen LogP contribution is 2.17. The largest absolute Gasteiger partial charge is 0.463 e. The zero-order valence-electron chi connectivity index (χ0n) is 8.70. The zero-order chi connectivity index (χ0) is 12.2. The van der Waals surface area contributed by atoms with E-state index in [0.717, 1.165) is 0 Å². The van der Waals surface area contributed by atoms with E-state index in [2.05, 4.69) is 20.7 Å². The highest BCUT2D eigenvalue weighted by Gasteiger charge is 2.18. The lowest BCUT2D eigenvalue weighted by molar-refractivity contribution is 0.0559. The molecule has 1 N–H and O–H groups in total. The Morgan fingerprint density at radius 3 is 2.88 bits per heavy atom. The summed E-state index contributed by atoms with van der Waals surface area (Å²) in [6.07, 6.45) is 0.608. The van der Waals surface area contributed by atoms with E-state index in [1.165, 1.54) is 19.2 Å². The maximum Gasteiger partial charge on any atom is 0.374 e. The van der Waals surface area contributed by atoms with Crippen LogP contribution in [0.3, 0.4) is 0 Å². The van der Waals surface area contributed by atoms with Crippen LogP contribution in [-0.2, 0) is 14.5 Å². The van der Waals surface area contributed by atoms with Crippen LogP contribution < -0.4 is 0 Å². The van der Waals surface area contributed by atoms with Gasteiger partial charge in [0.05, 0.1) is 7.11 Å². The molecule has 0 aliphatic heterocycles. The summed E-state index contributed by atoms with van der Waals surface area (Å²) < 4.78 is 29.0. The smallest absolute Gasteiger partial charge is 0.374 e. The van der Waals surface area contributed by atoms with Crippen LogP contribution in [0.5, 0.6) is 0 Å². The quantitative estimate of drug-likeness (QED) is 0.668. The SMILES string of the molecule is COC(=O)c1ccc(S(=N)(=O)CCCBr)o1. The van der Waals surface area contributed by atoms with Gasteiger partial charge >= 0.3 is 5.97 Å². The van der Waals surface area contributed by atoms with Crippen LogP contribution in [0.2, 0.25) is 0 Å². The number of alkyl halides is 1. The van der Waals surface area contributed by atoms with Crippen LogP contribution in [0.4, 0.5) is 0 Å². The lowest BCUT2D eigenvalue weighted by atomic mass is 10.5. The molecule has 0 aliphatic carbocycles. The van der Waals surface area contributed by atoms with Gasteiger partial charge < -0.3 is 9.15 Å². The summed E-state index contributed by atoms with van der Waals surface area (Å²) in [6, 6.07) is 2.75. The third-order valence-corrected chi connectivity index (χ3v) is 4.15. The maximum atomic E-state index is 11.9. The molecule has 5 nitrogen and oxygen atoms in total. The van der Waals surface area contributed by atoms with E-state index in [1.807, 2.05) is 0 Å². The number of nitrogens with one attached hydrogen (secondary N) is 1. The summed E-state index contributed by atoms with van der Waals surface area (Å²) in [4.78, 5) is 11.1. The summed E-state index contributed by atoms with van der Waals surface area (Å²) in [5.74, 6) is -0.468. The van der Waals surface area contributed by atoms with Gasteiger partial charge in [-0.15, -0.1) is 0 Å². The summed E-state index contributed by atoms with van der Waals surface area (Å²) >= 11 is 3.20. The van der Waals surface area contributed by atoms with Gasteiger partial charge in [0, 0.05) is 11.1 Å². The highest BCUT2D eigenvalue weighted by atomic mass is 79.9. The first kappa shape index (κ1) is 13.2. The standard InChI is InChI=1S/C9H12BrNO4S/c1-14-9(12)7-3-4-8(15-7)16(11,13)6-2-5-10/h3-4,11H,2,5-6H2,1H3. The normalized spacial score (nSPS) is 14.4. The molecule has 0 saturated heterocycles. The fourth-order valence-electron chi connectivity index (χ4n) is 1.07. The molecule has 90 valence electrons. The van der Waals surface area contributed by atoms with Crippen LogP contribution in [0.25, 0.3) is 0 Å². The molecule has 1 rings (SSSR count). The number of methoxy groups -OCH3 is 1. The van der Waals surface area contributed by atoms with Gasteiger partial charge in [-0.3, -0.25) is 0 Å². The topological polar surface area (TPSA) is 80.4 Å². The Balaban J connectivity index is 2.89. The average Bonchev–Trinajstić information content (AvgIpc) is 2.75. The van der Waals surface area contributed by atoms with Crippen LogP contribution in [-0.4, -0.2) is 28.4 Å². The molecule has 0 saturated carbocycles. The minimum atomic E-state index is -2.95. The lowest BCUT2D eigenvalue weighted by Crippen LogP contribution is -2.04. The van der Waals surface area contributed by atoms with E-state index in [0.29, 0.717) is 11.8 Å². The van der Waals surface area contributed by atoms with Crippen LogP contribution in [0.15, 0.2) is 21.6 Å². The molecular formula is C9H12BrNO4S. The van der Waals surface area contributed by atoms with Gasteiger partial charge in [-0.2, -0.15) is 0 Å². The third kappa shape index (κ3) is 3.08. The van der Waals surface area contributed by atoms with Crippen molar-refractivity contribution in [3.8, 4) is 0 Å². The van der Waals surface area contributed by atoms with Crippen LogP contribution in [0, 0.1) is 4.78 Å². The number of ether oxygens (including phenoxy) is 1. The van der Waals surface area contributed by atoms with Gasteiger partial charge in [0.15, 0.2) is 5.09 Å². The Morgan fingerprint density at radius 2 is 2.31 bits per heavy atom. The zero-order valence-corrected chi connectivity index (χ0v) is 11.1. The Bertz CT molecular complexity index is 466. The molecule has 7 heteroatoms. The molecule has 1 aromatic heterocycles. The number of hydrogen-bond donors (Lipinski definition) is 1. The third-order valence-electron chi connectivity index (χ3n) is 1.86. The predicted molar refractivity (Wildman–Crippen MR) is 62.5 cm³/mol. The van der Waals surface area contributed by atoms with Crippen molar-refractivity contribution in [3.05, 3.63) is 17.9 Å². The van der Waals surface area contributed by atoms with Crippen molar-refractivity contribution >= 4 is 31.6 Å². The predicted octanol–water partition coefficient (Wildman–Crippen LogP) is 2.26. The monoisotopic (exact) mass is 309 g/mol. The molecular weight excluding hydrogens is 298 g/mol. The lowest BCUT2D eigenvalue weighted by Gasteiger charge is -2.01. The molecule has 0 bridgehead atoms. The molecule has 0 fully saturated rings. The van der Waals surface area contributed by atoms with Crippen molar-refractivity contribution in [2.45, 2.75) is 11.5 Å². The Labute approximate surface area is 102 Å². The van der Waals surface area contributed by atoms with E-state index in [4.69, 9.17) is 9.20 Å². The number of carbonyl (C=O) groups excluding carboxylic acids is 1. The van der Waals surface area contributed by atoms with Crippen LogP contribution in [0.1, 0.15) is 17.0 Å². The molecule has 16 heavy (non-hydrogen) atoms. The number of hydrogen-bond acceptors (Lipinski definition) is 5. The Hall–Kier alpha value is -0.820. The molecule has 1 atom stereocenters. The van der Waals surface area contributed by atoms with Crippen molar-refractivity contribution < 1.29 is 18.2 Å². The molecule has 0 amide bonds. The van der Waals surface area contributed by atoms with Crippen molar-refractivity contribution in [2.24, 2.45) is 0 Å². The van der Waals surface area contributed by atoms with Crippen molar-refractivity contribution in [2.75, 3.05) is 18.2 Å². The summed E-state index contributed by atoms with van der Waals surface area (Å²) in [5, 5.41) is 0.696. The second kappa shape index (κ2) is 5.49. The van der Waals surface area contributed by atoms with E-state index in [9.17, 15) is 9.00 Å². The van der Waals surface area contributed by atoms with Crippen molar-refractivity contribution in [1.29, 1.82) is 4.78 Å².